The van der Waals surface area contributed by atoms with Gasteiger partial charge >= 0.3 is 0 Å². The van der Waals surface area contributed by atoms with Crippen molar-refractivity contribution < 1.29 is 19.0 Å². The normalized spacial score (nSPS) is 10.3. The molecule has 158 valence electrons. The lowest BCUT2D eigenvalue weighted by atomic mass is 10.2. The van der Waals surface area contributed by atoms with Crippen molar-refractivity contribution in [1.82, 2.24) is 0 Å². The van der Waals surface area contributed by atoms with Gasteiger partial charge in [-0.1, -0.05) is 32.6 Å². The van der Waals surface area contributed by atoms with Gasteiger partial charge in [0, 0.05) is 11.8 Å². The first-order valence-corrected chi connectivity index (χ1v) is 10.1. The number of ether oxygens (including phenoxy) is 3. The molecule has 0 radical (unpaired) electrons. The molecule has 0 saturated heterocycles. The quantitative estimate of drug-likeness (QED) is 0.458. The van der Waals surface area contributed by atoms with Gasteiger partial charge in [0.15, 0.2) is 0 Å². The van der Waals surface area contributed by atoms with E-state index in [1.807, 2.05) is 24.3 Å². The van der Waals surface area contributed by atoms with Gasteiger partial charge in [-0.3, -0.25) is 4.79 Å². The lowest BCUT2D eigenvalue weighted by molar-refractivity contribution is -0.114. The smallest absolute Gasteiger partial charge is 0.243 e. The van der Waals surface area contributed by atoms with Gasteiger partial charge in [0.05, 0.1) is 33.1 Å². The molecular formula is C23H32N2O4. The maximum Gasteiger partial charge on any atom is 0.243 e. The van der Waals surface area contributed by atoms with Crippen molar-refractivity contribution in [2.75, 3.05) is 38.0 Å². The number of hydrogen-bond donors (Lipinski definition) is 2. The lowest BCUT2D eigenvalue weighted by Crippen LogP contribution is -2.21. The molecule has 2 aromatic rings. The molecule has 2 rings (SSSR count). The van der Waals surface area contributed by atoms with Crippen LogP contribution in [-0.4, -0.2) is 33.3 Å². The molecule has 0 spiro atoms. The van der Waals surface area contributed by atoms with E-state index in [4.69, 9.17) is 14.2 Å². The number of benzene rings is 2. The molecule has 0 fully saturated rings. The number of carbonyl (C=O) groups is 1. The van der Waals surface area contributed by atoms with E-state index in [-0.39, 0.29) is 12.5 Å². The molecule has 0 aliphatic heterocycles. The number of methoxy groups -OCH3 is 2. The minimum Gasteiger partial charge on any atom is -0.497 e. The van der Waals surface area contributed by atoms with E-state index < -0.39 is 0 Å². The van der Waals surface area contributed by atoms with Gasteiger partial charge in [0.1, 0.15) is 17.2 Å². The van der Waals surface area contributed by atoms with Crippen LogP contribution >= 0.6 is 0 Å². The second-order valence-corrected chi connectivity index (χ2v) is 6.75. The van der Waals surface area contributed by atoms with Crippen molar-refractivity contribution >= 4 is 17.3 Å². The summed E-state index contributed by atoms with van der Waals surface area (Å²) < 4.78 is 16.3. The second-order valence-electron chi connectivity index (χ2n) is 6.75. The minimum absolute atomic E-state index is 0.111. The number of unbranched alkanes of at least 4 members (excludes halogenated alkanes) is 4. The molecule has 0 bridgehead atoms. The van der Waals surface area contributed by atoms with Crippen molar-refractivity contribution in [3.63, 3.8) is 0 Å². The lowest BCUT2D eigenvalue weighted by Gasteiger charge is -2.13. The van der Waals surface area contributed by atoms with Crippen molar-refractivity contribution in [2.24, 2.45) is 0 Å². The first kappa shape index (κ1) is 22.4. The number of amides is 1. The molecule has 0 aromatic heterocycles. The monoisotopic (exact) mass is 400 g/mol. The number of nitrogens with one attached hydrogen (secondary N) is 2. The fourth-order valence-electron chi connectivity index (χ4n) is 2.86. The summed E-state index contributed by atoms with van der Waals surface area (Å²) in [6, 6.07) is 12.8. The molecule has 0 heterocycles. The summed E-state index contributed by atoms with van der Waals surface area (Å²) >= 11 is 0. The first-order valence-electron chi connectivity index (χ1n) is 10.1. The van der Waals surface area contributed by atoms with Crippen molar-refractivity contribution in [1.29, 1.82) is 0 Å². The zero-order valence-electron chi connectivity index (χ0n) is 17.6. The Hall–Kier alpha value is -2.89. The Morgan fingerprint density at radius 2 is 1.62 bits per heavy atom. The van der Waals surface area contributed by atoms with Gasteiger partial charge in [-0.15, -0.1) is 0 Å². The highest BCUT2D eigenvalue weighted by Gasteiger charge is 2.08. The van der Waals surface area contributed by atoms with E-state index in [1.54, 1.807) is 32.4 Å². The average molecular weight is 401 g/mol. The zero-order valence-corrected chi connectivity index (χ0v) is 17.6. The summed E-state index contributed by atoms with van der Waals surface area (Å²) in [6.07, 6.45) is 6.07. The molecule has 0 aliphatic rings. The largest absolute Gasteiger partial charge is 0.497 e. The van der Waals surface area contributed by atoms with Gasteiger partial charge < -0.3 is 24.8 Å². The molecule has 0 unspecified atom stereocenters. The zero-order chi connectivity index (χ0) is 20.9. The summed E-state index contributed by atoms with van der Waals surface area (Å²) in [5.41, 5.74) is 1.43. The summed E-state index contributed by atoms with van der Waals surface area (Å²) in [5.74, 6) is 2.00. The van der Waals surface area contributed by atoms with Gasteiger partial charge in [-0.25, -0.2) is 0 Å². The van der Waals surface area contributed by atoms with Crippen LogP contribution < -0.4 is 24.8 Å². The van der Waals surface area contributed by atoms with E-state index >= 15 is 0 Å². The highest BCUT2D eigenvalue weighted by Crippen LogP contribution is 2.28. The van der Waals surface area contributed by atoms with E-state index in [9.17, 15) is 4.79 Å². The molecule has 29 heavy (non-hydrogen) atoms. The highest BCUT2D eigenvalue weighted by atomic mass is 16.5. The van der Waals surface area contributed by atoms with Crippen LogP contribution in [-0.2, 0) is 4.79 Å². The molecule has 0 atom stereocenters. The summed E-state index contributed by atoms with van der Waals surface area (Å²) in [7, 11) is 3.18. The Balaban J connectivity index is 1.76. The second kappa shape index (κ2) is 12.5. The van der Waals surface area contributed by atoms with Crippen LogP contribution in [0.4, 0.5) is 11.4 Å². The fourth-order valence-corrected chi connectivity index (χ4v) is 2.86. The van der Waals surface area contributed by atoms with Crippen LogP contribution in [0.2, 0.25) is 0 Å². The number of rotatable bonds is 13. The molecule has 2 N–H and O–H groups in total. The molecule has 0 aliphatic carbocycles. The van der Waals surface area contributed by atoms with Crippen LogP contribution in [0.5, 0.6) is 17.2 Å². The Labute approximate surface area is 173 Å². The third-order valence-corrected chi connectivity index (χ3v) is 4.50. The maximum absolute atomic E-state index is 12.2. The Morgan fingerprint density at radius 3 is 2.31 bits per heavy atom. The van der Waals surface area contributed by atoms with E-state index in [1.165, 1.54) is 25.7 Å². The van der Waals surface area contributed by atoms with Crippen LogP contribution in [0, 0.1) is 0 Å². The number of hydrogen-bond acceptors (Lipinski definition) is 5. The van der Waals surface area contributed by atoms with Crippen LogP contribution in [0.25, 0.3) is 0 Å². The van der Waals surface area contributed by atoms with Gasteiger partial charge in [0.2, 0.25) is 5.91 Å². The molecule has 0 saturated carbocycles. The average Bonchev–Trinajstić information content (AvgIpc) is 2.75. The van der Waals surface area contributed by atoms with Crippen molar-refractivity contribution in [3.8, 4) is 17.2 Å². The predicted octanol–water partition coefficient (Wildman–Crippen LogP) is 5.10. The minimum atomic E-state index is -0.153. The van der Waals surface area contributed by atoms with E-state index in [2.05, 4.69) is 17.6 Å². The predicted molar refractivity (Wildman–Crippen MR) is 117 cm³/mol. The Kier molecular flexibility index (Phi) is 9.69. The third-order valence-electron chi connectivity index (χ3n) is 4.50. The standard InChI is InChI=1S/C23H32N2O4/c1-4-5-6-7-8-15-29-19-11-9-18(10-12-19)25-23(26)17-24-21-16-20(27-2)13-14-22(21)28-3/h9-14,16,24H,4-8,15,17H2,1-3H3,(H,25,26). The molecule has 6 heteroatoms. The summed E-state index contributed by atoms with van der Waals surface area (Å²) in [6.45, 7) is 3.05. The highest BCUT2D eigenvalue weighted by molar-refractivity contribution is 5.94. The van der Waals surface area contributed by atoms with Crippen LogP contribution in [0.15, 0.2) is 42.5 Å². The summed E-state index contributed by atoms with van der Waals surface area (Å²) in [4.78, 5) is 12.2. The van der Waals surface area contributed by atoms with Crippen LogP contribution in [0.3, 0.4) is 0 Å². The van der Waals surface area contributed by atoms with Crippen molar-refractivity contribution in [2.45, 2.75) is 39.0 Å². The molecular weight excluding hydrogens is 368 g/mol. The Bertz CT molecular complexity index is 747. The SMILES string of the molecule is CCCCCCCOc1ccc(NC(=O)CNc2cc(OC)ccc2OC)cc1. The topological polar surface area (TPSA) is 68.8 Å². The van der Waals surface area contributed by atoms with E-state index in [0.717, 1.165) is 24.5 Å². The number of carbonyl (C=O) groups excluding carboxylic acids is 1. The molecule has 6 nitrogen and oxygen atoms in total. The first-order chi connectivity index (χ1) is 14.2. The Morgan fingerprint density at radius 1 is 0.897 bits per heavy atom. The molecule has 2 aromatic carbocycles. The fraction of sp³-hybridized carbons (Fsp3) is 0.435. The van der Waals surface area contributed by atoms with Crippen molar-refractivity contribution in [3.05, 3.63) is 42.5 Å². The third kappa shape index (κ3) is 7.94. The van der Waals surface area contributed by atoms with Crippen LogP contribution in [0.1, 0.15) is 39.0 Å². The summed E-state index contributed by atoms with van der Waals surface area (Å²) in [5, 5.41) is 5.94. The van der Waals surface area contributed by atoms with Gasteiger partial charge in [-0.05, 0) is 42.8 Å². The van der Waals surface area contributed by atoms with Gasteiger partial charge in [-0.2, -0.15) is 0 Å². The maximum atomic E-state index is 12.2. The number of anilines is 2. The van der Waals surface area contributed by atoms with E-state index in [0.29, 0.717) is 17.2 Å². The molecule has 1 amide bonds. The van der Waals surface area contributed by atoms with Gasteiger partial charge in [0.25, 0.3) is 0 Å².